The van der Waals surface area contributed by atoms with E-state index >= 15 is 0 Å². The molecule has 12 heteroatoms. The van der Waals surface area contributed by atoms with Gasteiger partial charge in [-0.3, -0.25) is 14.9 Å². The molecule has 3 aromatic rings. The number of rotatable bonds is 9. The standard InChI is InChI=1S/C20H22N6O5S/c1-12-6-13(2)8-15(7-12)31-10-18-23-24-20(25(18)21)32-11-19(27)22-16-9-14(26(28)29)4-5-17(16)30-3/h4-9H,10-11,21H2,1-3H3,(H,22,27). The van der Waals surface area contributed by atoms with Gasteiger partial charge < -0.3 is 20.6 Å². The number of nitrogens with zero attached hydrogens (tertiary/aromatic N) is 4. The van der Waals surface area contributed by atoms with Crippen LogP contribution in [0.4, 0.5) is 11.4 Å². The van der Waals surface area contributed by atoms with Crippen molar-refractivity contribution in [1.82, 2.24) is 14.9 Å². The summed E-state index contributed by atoms with van der Waals surface area (Å²) >= 11 is 1.07. The van der Waals surface area contributed by atoms with Gasteiger partial charge in [0.25, 0.3) is 5.69 Å². The van der Waals surface area contributed by atoms with Crippen LogP contribution in [0.5, 0.6) is 11.5 Å². The number of non-ortho nitro benzene ring substituents is 1. The summed E-state index contributed by atoms with van der Waals surface area (Å²) < 4.78 is 12.1. The first-order chi connectivity index (χ1) is 15.3. The van der Waals surface area contributed by atoms with E-state index in [1.807, 2.05) is 32.0 Å². The Hall–Kier alpha value is -3.80. The molecule has 0 saturated heterocycles. The van der Waals surface area contributed by atoms with Crippen LogP contribution in [0.25, 0.3) is 0 Å². The van der Waals surface area contributed by atoms with Gasteiger partial charge in [0.1, 0.15) is 18.1 Å². The summed E-state index contributed by atoms with van der Waals surface area (Å²) in [6.45, 7) is 4.08. The number of benzene rings is 2. The number of nitro groups is 1. The molecular formula is C20H22N6O5S. The number of aryl methyl sites for hydroxylation is 2. The minimum absolute atomic E-state index is 0.0425. The Balaban J connectivity index is 1.59. The van der Waals surface area contributed by atoms with Gasteiger partial charge in [0.05, 0.1) is 23.5 Å². The first kappa shape index (κ1) is 22.9. The van der Waals surface area contributed by atoms with E-state index in [0.29, 0.717) is 22.5 Å². The van der Waals surface area contributed by atoms with Crippen LogP contribution < -0.4 is 20.6 Å². The zero-order valence-corrected chi connectivity index (χ0v) is 18.5. The molecule has 3 rings (SSSR count). The van der Waals surface area contributed by atoms with Gasteiger partial charge in [-0.05, 0) is 43.2 Å². The Bertz CT molecular complexity index is 1130. The topological polar surface area (TPSA) is 147 Å². The maximum absolute atomic E-state index is 12.3. The first-order valence-electron chi connectivity index (χ1n) is 9.42. The molecule has 1 aromatic heterocycles. The van der Waals surface area contributed by atoms with Gasteiger partial charge in [-0.1, -0.05) is 17.8 Å². The highest BCUT2D eigenvalue weighted by molar-refractivity contribution is 7.99. The maximum Gasteiger partial charge on any atom is 0.271 e. The third-order valence-electron chi connectivity index (χ3n) is 4.30. The SMILES string of the molecule is COc1ccc([N+](=O)[O-])cc1NC(=O)CSc1nnc(COc2cc(C)cc(C)c2)n1N. The zero-order chi connectivity index (χ0) is 23.3. The van der Waals surface area contributed by atoms with E-state index in [1.54, 1.807) is 0 Å². The number of ether oxygens (including phenoxy) is 2. The molecule has 0 aliphatic heterocycles. The fourth-order valence-electron chi connectivity index (χ4n) is 2.89. The van der Waals surface area contributed by atoms with Crippen LogP contribution in [0.3, 0.4) is 0 Å². The third-order valence-corrected chi connectivity index (χ3v) is 5.24. The molecule has 1 amide bonds. The van der Waals surface area contributed by atoms with Crippen LogP contribution in [0.2, 0.25) is 0 Å². The van der Waals surface area contributed by atoms with Crippen LogP contribution in [0, 0.1) is 24.0 Å². The Morgan fingerprint density at radius 1 is 1.22 bits per heavy atom. The summed E-state index contributed by atoms with van der Waals surface area (Å²) in [6.07, 6.45) is 0. The van der Waals surface area contributed by atoms with Gasteiger partial charge >= 0.3 is 0 Å². The smallest absolute Gasteiger partial charge is 0.271 e. The van der Waals surface area contributed by atoms with E-state index in [9.17, 15) is 14.9 Å². The van der Waals surface area contributed by atoms with Gasteiger partial charge in [0.2, 0.25) is 11.1 Å². The summed E-state index contributed by atoms with van der Waals surface area (Å²) in [6, 6.07) is 9.80. The fraction of sp³-hybridized carbons (Fsp3) is 0.250. The van der Waals surface area contributed by atoms with Crippen molar-refractivity contribution in [2.45, 2.75) is 25.6 Å². The predicted molar refractivity (Wildman–Crippen MR) is 119 cm³/mol. The van der Waals surface area contributed by atoms with Gasteiger partial charge in [0.15, 0.2) is 5.82 Å². The summed E-state index contributed by atoms with van der Waals surface area (Å²) in [5.74, 6) is 6.98. The van der Waals surface area contributed by atoms with Gasteiger partial charge in [-0.15, -0.1) is 10.2 Å². The van der Waals surface area contributed by atoms with Crippen molar-refractivity contribution in [3.63, 3.8) is 0 Å². The molecule has 32 heavy (non-hydrogen) atoms. The molecule has 0 spiro atoms. The average molecular weight is 459 g/mol. The van der Waals surface area contributed by atoms with E-state index in [4.69, 9.17) is 15.3 Å². The highest BCUT2D eigenvalue weighted by atomic mass is 32.2. The molecule has 0 bridgehead atoms. The lowest BCUT2D eigenvalue weighted by Crippen LogP contribution is -2.18. The highest BCUT2D eigenvalue weighted by Gasteiger charge is 2.16. The molecular weight excluding hydrogens is 436 g/mol. The number of nitro benzene ring substituents is 1. The summed E-state index contributed by atoms with van der Waals surface area (Å²) in [7, 11) is 1.41. The van der Waals surface area contributed by atoms with E-state index in [-0.39, 0.29) is 23.7 Å². The summed E-state index contributed by atoms with van der Waals surface area (Å²) in [5, 5.41) is 21.9. The van der Waals surface area contributed by atoms with Crippen LogP contribution >= 0.6 is 11.8 Å². The molecule has 0 atom stereocenters. The van der Waals surface area contributed by atoms with Crippen molar-refractivity contribution in [2.24, 2.45) is 0 Å². The minimum atomic E-state index is -0.553. The molecule has 0 radical (unpaired) electrons. The number of nitrogen functional groups attached to an aromatic ring is 1. The maximum atomic E-state index is 12.3. The quantitative estimate of drug-likeness (QED) is 0.214. The molecule has 11 nitrogen and oxygen atoms in total. The van der Waals surface area contributed by atoms with Crippen LogP contribution in [0.1, 0.15) is 17.0 Å². The lowest BCUT2D eigenvalue weighted by Gasteiger charge is -2.10. The molecule has 0 saturated carbocycles. The summed E-state index contributed by atoms with van der Waals surface area (Å²) in [4.78, 5) is 22.8. The number of nitrogens with two attached hydrogens (primary N) is 1. The van der Waals surface area contributed by atoms with Crippen molar-refractivity contribution in [2.75, 3.05) is 24.0 Å². The molecule has 2 aromatic carbocycles. The zero-order valence-electron chi connectivity index (χ0n) is 17.7. The first-order valence-corrected chi connectivity index (χ1v) is 10.4. The van der Waals surface area contributed by atoms with Crippen molar-refractivity contribution < 1.29 is 19.2 Å². The number of thioether (sulfide) groups is 1. The van der Waals surface area contributed by atoms with E-state index in [2.05, 4.69) is 15.5 Å². The Morgan fingerprint density at radius 3 is 2.59 bits per heavy atom. The van der Waals surface area contributed by atoms with E-state index < -0.39 is 10.8 Å². The number of methoxy groups -OCH3 is 1. The molecule has 0 aliphatic carbocycles. The van der Waals surface area contributed by atoms with Crippen LogP contribution in [0.15, 0.2) is 41.6 Å². The van der Waals surface area contributed by atoms with Gasteiger partial charge in [0, 0.05) is 12.1 Å². The number of hydrogen-bond acceptors (Lipinski definition) is 9. The van der Waals surface area contributed by atoms with Crippen molar-refractivity contribution in [3.8, 4) is 11.5 Å². The molecule has 1 heterocycles. The number of aromatic nitrogens is 3. The lowest BCUT2D eigenvalue weighted by atomic mass is 10.1. The Morgan fingerprint density at radius 2 is 1.94 bits per heavy atom. The fourth-order valence-corrected chi connectivity index (χ4v) is 3.57. The number of amides is 1. The largest absolute Gasteiger partial charge is 0.495 e. The third kappa shape index (κ3) is 5.66. The van der Waals surface area contributed by atoms with Crippen LogP contribution in [-0.4, -0.2) is 38.6 Å². The lowest BCUT2D eigenvalue weighted by molar-refractivity contribution is -0.384. The summed E-state index contributed by atoms with van der Waals surface area (Å²) in [5.41, 5.74) is 2.20. The minimum Gasteiger partial charge on any atom is -0.495 e. The number of anilines is 1. The molecule has 0 aliphatic rings. The van der Waals surface area contributed by atoms with E-state index in [0.717, 1.165) is 22.9 Å². The molecule has 0 unspecified atom stereocenters. The van der Waals surface area contributed by atoms with E-state index in [1.165, 1.54) is 30.0 Å². The monoisotopic (exact) mass is 458 g/mol. The van der Waals surface area contributed by atoms with Gasteiger partial charge in [-0.2, -0.15) is 0 Å². The highest BCUT2D eigenvalue weighted by Crippen LogP contribution is 2.29. The molecule has 3 N–H and O–H groups in total. The second-order valence-corrected chi connectivity index (χ2v) is 7.80. The molecule has 168 valence electrons. The number of hydrogen-bond donors (Lipinski definition) is 2. The Kier molecular flexibility index (Phi) is 7.15. The predicted octanol–water partition coefficient (Wildman–Crippen LogP) is 2.84. The molecule has 0 fully saturated rings. The number of carbonyl (C=O) groups is 1. The average Bonchev–Trinajstić information content (AvgIpc) is 3.09. The van der Waals surface area contributed by atoms with Gasteiger partial charge in [-0.25, -0.2) is 4.68 Å². The second-order valence-electron chi connectivity index (χ2n) is 6.86. The number of carbonyl (C=O) groups excluding carboxylic acids is 1. The second kappa shape index (κ2) is 10.0. The van der Waals surface area contributed by atoms with Crippen LogP contribution in [-0.2, 0) is 11.4 Å². The Labute approximate surface area is 188 Å². The van der Waals surface area contributed by atoms with Crippen molar-refractivity contribution in [3.05, 3.63) is 63.5 Å². The van der Waals surface area contributed by atoms with Crippen molar-refractivity contribution >= 4 is 29.0 Å². The van der Waals surface area contributed by atoms with Crippen molar-refractivity contribution in [1.29, 1.82) is 0 Å². The normalized spacial score (nSPS) is 10.6. The number of nitrogens with one attached hydrogen (secondary N) is 1.